The van der Waals surface area contributed by atoms with E-state index in [1.807, 2.05) is 17.5 Å². The standard InChI is InChI=1S/C29H24ClN3O7S2/c1-4-39-28(35)24-16(2)31-29-32(25(24)22-6-5-11-41-22)27(34)23(42-29)14-18-12-20(30)26(21(13-18)38-3)40-15-17-7-9-19(10-8-17)33(36)37/h5-14,25H,4,15H2,1-3H3/b23-14-/t25-/m1/s1. The van der Waals surface area contributed by atoms with Crippen molar-refractivity contribution in [2.45, 2.75) is 26.5 Å². The predicted molar refractivity (Wildman–Crippen MR) is 160 cm³/mol. The highest BCUT2D eigenvalue weighted by atomic mass is 35.5. The number of thiophene rings is 1. The van der Waals surface area contributed by atoms with Gasteiger partial charge in [0.15, 0.2) is 16.3 Å². The maximum atomic E-state index is 13.8. The van der Waals surface area contributed by atoms with Gasteiger partial charge < -0.3 is 14.2 Å². The Hall–Kier alpha value is -4.26. The van der Waals surface area contributed by atoms with E-state index in [1.54, 1.807) is 44.2 Å². The van der Waals surface area contributed by atoms with Crippen LogP contribution in [0.2, 0.25) is 5.02 Å². The lowest BCUT2D eigenvalue weighted by Crippen LogP contribution is -2.39. The highest BCUT2D eigenvalue weighted by Crippen LogP contribution is 2.37. The van der Waals surface area contributed by atoms with Crippen LogP contribution in [-0.4, -0.2) is 29.2 Å². The van der Waals surface area contributed by atoms with Gasteiger partial charge in [0.05, 0.1) is 39.5 Å². The first kappa shape index (κ1) is 29.2. The zero-order valence-corrected chi connectivity index (χ0v) is 25.0. The molecule has 0 spiro atoms. The highest BCUT2D eigenvalue weighted by molar-refractivity contribution is 7.10. The van der Waals surface area contributed by atoms with Crippen molar-refractivity contribution < 1.29 is 23.9 Å². The number of fused-ring (bicyclic) bond motifs is 1. The number of aromatic nitrogens is 1. The van der Waals surface area contributed by atoms with Crippen LogP contribution in [0.25, 0.3) is 6.08 Å². The van der Waals surface area contributed by atoms with Gasteiger partial charge in [0.2, 0.25) is 0 Å². The Morgan fingerprint density at radius 2 is 2.00 bits per heavy atom. The van der Waals surface area contributed by atoms with Crippen molar-refractivity contribution in [1.29, 1.82) is 0 Å². The number of hydrogen-bond donors (Lipinski definition) is 0. The van der Waals surface area contributed by atoms with Gasteiger partial charge >= 0.3 is 5.97 Å². The molecule has 1 aliphatic heterocycles. The van der Waals surface area contributed by atoms with Crippen LogP contribution < -0.4 is 24.4 Å². The number of allylic oxidation sites excluding steroid dienone is 1. The Morgan fingerprint density at radius 3 is 2.64 bits per heavy atom. The molecule has 4 aromatic rings. The second kappa shape index (κ2) is 12.3. The van der Waals surface area contributed by atoms with Crippen LogP contribution in [0.3, 0.4) is 0 Å². The second-order valence-electron chi connectivity index (χ2n) is 9.06. The molecule has 0 aliphatic carbocycles. The smallest absolute Gasteiger partial charge is 0.338 e. The summed E-state index contributed by atoms with van der Waals surface area (Å²) in [5.74, 6) is 0.135. The van der Waals surface area contributed by atoms with Gasteiger partial charge in [-0.25, -0.2) is 9.79 Å². The Kier molecular flexibility index (Phi) is 8.57. The van der Waals surface area contributed by atoms with Crippen molar-refractivity contribution in [2.75, 3.05) is 13.7 Å². The monoisotopic (exact) mass is 625 g/mol. The van der Waals surface area contributed by atoms with Crippen molar-refractivity contribution in [2.24, 2.45) is 4.99 Å². The number of carbonyl (C=O) groups excluding carboxylic acids is 1. The maximum Gasteiger partial charge on any atom is 0.338 e. The summed E-state index contributed by atoms with van der Waals surface area (Å²) in [7, 11) is 1.47. The molecule has 5 rings (SSSR count). The van der Waals surface area contributed by atoms with Gasteiger partial charge in [-0.15, -0.1) is 11.3 Å². The Morgan fingerprint density at radius 1 is 1.24 bits per heavy atom. The van der Waals surface area contributed by atoms with Gasteiger partial charge in [0.25, 0.3) is 11.2 Å². The number of hydrogen-bond acceptors (Lipinski definition) is 10. The molecule has 2 aromatic heterocycles. The number of nitro groups is 1. The summed E-state index contributed by atoms with van der Waals surface area (Å²) in [5.41, 5.74) is 1.81. The lowest BCUT2D eigenvalue weighted by Gasteiger charge is -2.23. The Balaban J connectivity index is 1.51. The van der Waals surface area contributed by atoms with E-state index in [0.717, 1.165) is 4.88 Å². The molecule has 0 fully saturated rings. The van der Waals surface area contributed by atoms with E-state index in [0.29, 0.717) is 43.2 Å². The number of nitro benzene ring substituents is 1. The molecule has 0 N–H and O–H groups in total. The fourth-order valence-electron chi connectivity index (χ4n) is 4.49. The first-order valence-electron chi connectivity index (χ1n) is 12.7. The summed E-state index contributed by atoms with van der Waals surface area (Å²) < 4.78 is 18.7. The van der Waals surface area contributed by atoms with Crippen LogP contribution in [0.5, 0.6) is 11.5 Å². The number of nitrogens with zero attached hydrogens (tertiary/aromatic N) is 3. The van der Waals surface area contributed by atoms with Gasteiger partial charge in [-0.1, -0.05) is 29.0 Å². The van der Waals surface area contributed by atoms with Crippen LogP contribution in [0.15, 0.2) is 75.0 Å². The van der Waals surface area contributed by atoms with Gasteiger partial charge in [0, 0.05) is 17.0 Å². The molecule has 42 heavy (non-hydrogen) atoms. The van der Waals surface area contributed by atoms with Crippen LogP contribution in [0, 0.1) is 10.1 Å². The molecule has 2 aromatic carbocycles. The molecule has 0 unspecified atom stereocenters. The minimum atomic E-state index is -0.657. The van der Waals surface area contributed by atoms with E-state index < -0.39 is 16.9 Å². The molecule has 1 atom stereocenters. The molecule has 1 aliphatic rings. The molecule has 0 saturated heterocycles. The van der Waals surface area contributed by atoms with Crippen LogP contribution in [-0.2, 0) is 16.1 Å². The van der Waals surface area contributed by atoms with Gasteiger partial charge in [-0.05, 0) is 66.8 Å². The van der Waals surface area contributed by atoms with E-state index in [9.17, 15) is 19.7 Å². The van der Waals surface area contributed by atoms with E-state index in [-0.39, 0.29) is 29.5 Å². The number of halogens is 1. The summed E-state index contributed by atoms with van der Waals surface area (Å²) >= 11 is 9.23. The normalized spacial score (nSPS) is 14.8. The fourth-order valence-corrected chi connectivity index (χ4v) is 6.64. The quantitative estimate of drug-likeness (QED) is 0.146. The number of thiazole rings is 1. The lowest BCUT2D eigenvalue weighted by molar-refractivity contribution is -0.384. The summed E-state index contributed by atoms with van der Waals surface area (Å²) in [6.07, 6.45) is 1.69. The Bertz CT molecular complexity index is 1880. The first-order chi connectivity index (χ1) is 20.2. The fraction of sp³-hybridized carbons (Fsp3) is 0.207. The third-order valence-corrected chi connectivity index (χ3v) is 8.60. The molecule has 13 heteroatoms. The molecule has 0 radical (unpaired) electrons. The maximum absolute atomic E-state index is 13.8. The number of rotatable bonds is 9. The molecule has 216 valence electrons. The van der Waals surface area contributed by atoms with Gasteiger partial charge in [-0.2, -0.15) is 0 Å². The summed E-state index contributed by atoms with van der Waals surface area (Å²) in [4.78, 5) is 43.0. The molecule has 0 amide bonds. The van der Waals surface area contributed by atoms with E-state index in [4.69, 9.17) is 25.8 Å². The number of esters is 1. The average Bonchev–Trinajstić information content (AvgIpc) is 3.60. The predicted octanol–water partition coefficient (Wildman–Crippen LogP) is 5.01. The van der Waals surface area contributed by atoms with Crippen LogP contribution in [0.4, 0.5) is 5.69 Å². The number of carbonyl (C=O) groups is 1. The lowest BCUT2D eigenvalue weighted by atomic mass is 10.0. The SMILES string of the molecule is CCOC(=O)C1=C(C)N=c2s/c(=C\c3cc(Cl)c(OCc4ccc([N+](=O)[O-])cc4)c(OC)c3)c(=O)n2[C@@H]1c1cccs1. The van der Waals surface area contributed by atoms with Crippen LogP contribution in [0.1, 0.15) is 35.9 Å². The molecular formula is C29H24ClN3O7S2. The third-order valence-electron chi connectivity index (χ3n) is 6.41. The number of non-ortho nitro benzene ring substituents is 1. The van der Waals surface area contributed by atoms with Crippen molar-refractivity contribution >= 4 is 52.0 Å². The molecular weight excluding hydrogens is 602 g/mol. The second-order valence-corrected chi connectivity index (χ2v) is 11.5. The summed E-state index contributed by atoms with van der Waals surface area (Å²) in [5, 5.41) is 13.1. The van der Waals surface area contributed by atoms with Crippen molar-refractivity contribution in [1.82, 2.24) is 4.57 Å². The molecule has 3 heterocycles. The minimum Gasteiger partial charge on any atom is -0.493 e. The molecule has 10 nitrogen and oxygen atoms in total. The topological polar surface area (TPSA) is 122 Å². The van der Waals surface area contributed by atoms with Crippen molar-refractivity contribution in [3.8, 4) is 11.5 Å². The first-order valence-corrected chi connectivity index (χ1v) is 14.8. The third kappa shape index (κ3) is 5.73. The zero-order chi connectivity index (χ0) is 30.0. The molecule has 0 saturated carbocycles. The number of methoxy groups -OCH3 is 1. The van der Waals surface area contributed by atoms with Crippen molar-refractivity contribution in [3.05, 3.63) is 116 Å². The highest BCUT2D eigenvalue weighted by Gasteiger charge is 2.33. The van der Waals surface area contributed by atoms with Gasteiger partial charge in [0.1, 0.15) is 12.6 Å². The zero-order valence-electron chi connectivity index (χ0n) is 22.7. The largest absolute Gasteiger partial charge is 0.493 e. The van der Waals surface area contributed by atoms with Crippen molar-refractivity contribution in [3.63, 3.8) is 0 Å². The Labute approximate surface area is 252 Å². The number of ether oxygens (including phenoxy) is 3. The summed E-state index contributed by atoms with van der Waals surface area (Å²) in [6, 6.07) is 12.4. The minimum absolute atomic E-state index is 0.0158. The van der Waals surface area contributed by atoms with E-state index in [1.165, 1.54) is 46.5 Å². The van der Waals surface area contributed by atoms with Gasteiger partial charge in [-0.3, -0.25) is 19.5 Å². The van der Waals surface area contributed by atoms with E-state index in [2.05, 4.69) is 4.99 Å². The summed E-state index contributed by atoms with van der Waals surface area (Å²) in [6.45, 7) is 3.78. The van der Waals surface area contributed by atoms with Crippen LogP contribution >= 0.6 is 34.3 Å². The molecule has 0 bridgehead atoms. The van der Waals surface area contributed by atoms with E-state index >= 15 is 0 Å². The number of benzene rings is 2. The average molecular weight is 626 g/mol.